The predicted molar refractivity (Wildman–Crippen MR) is 96.9 cm³/mol. The van der Waals surface area contributed by atoms with E-state index in [1.165, 1.54) is 11.1 Å². The first-order valence-corrected chi connectivity index (χ1v) is 9.44. The van der Waals surface area contributed by atoms with Crippen molar-refractivity contribution in [2.24, 2.45) is 11.8 Å². The number of carbonyl (C=O) groups excluding carboxylic acids is 1. The van der Waals surface area contributed by atoms with Crippen LogP contribution in [0.5, 0.6) is 0 Å². The third-order valence-corrected chi connectivity index (χ3v) is 5.79. The first-order valence-electron chi connectivity index (χ1n) is 9.44. The standard InChI is InChI=1S/C21H31NO2/c1-15(2)18-6-4-5-17(12-18)11-16-7-9-22(10-8-16)20(23)19-13-21(3,24)14-19/h4-6,12,15-16,19,24H,7-11,13-14H2,1-3H3/t19-,21+. The van der Waals surface area contributed by atoms with Gasteiger partial charge >= 0.3 is 0 Å². The Labute approximate surface area is 146 Å². The summed E-state index contributed by atoms with van der Waals surface area (Å²) < 4.78 is 0. The van der Waals surface area contributed by atoms with E-state index in [0.717, 1.165) is 32.4 Å². The molecule has 1 aromatic rings. The third kappa shape index (κ3) is 4.00. The first-order chi connectivity index (χ1) is 11.3. The Morgan fingerprint density at radius 1 is 1.29 bits per heavy atom. The van der Waals surface area contributed by atoms with Crippen molar-refractivity contribution in [3.8, 4) is 0 Å². The summed E-state index contributed by atoms with van der Waals surface area (Å²) in [5, 5.41) is 9.83. The fourth-order valence-electron chi connectivity index (χ4n) is 4.20. The van der Waals surface area contributed by atoms with E-state index < -0.39 is 5.60 Å². The van der Waals surface area contributed by atoms with Crippen molar-refractivity contribution in [1.29, 1.82) is 0 Å². The molecule has 3 rings (SSSR count). The summed E-state index contributed by atoms with van der Waals surface area (Å²) in [6, 6.07) is 8.97. The molecule has 3 heteroatoms. The summed E-state index contributed by atoms with van der Waals surface area (Å²) in [6.07, 6.45) is 4.59. The molecule has 0 atom stereocenters. The van der Waals surface area contributed by atoms with Crippen LogP contribution in [-0.4, -0.2) is 34.6 Å². The van der Waals surface area contributed by atoms with E-state index >= 15 is 0 Å². The third-order valence-electron chi connectivity index (χ3n) is 5.79. The average molecular weight is 329 g/mol. The molecule has 24 heavy (non-hydrogen) atoms. The highest BCUT2D eigenvalue weighted by Crippen LogP contribution is 2.39. The number of aliphatic hydroxyl groups is 1. The summed E-state index contributed by atoms with van der Waals surface area (Å²) in [6.45, 7) is 8.06. The molecule has 0 aromatic heterocycles. The molecule has 0 radical (unpaired) electrons. The SMILES string of the molecule is CC(C)c1cccc(CC2CCN(C(=O)[C@H]3C[C@@](C)(O)C3)CC2)c1. The second kappa shape index (κ2) is 6.87. The molecule has 1 amide bonds. The number of benzene rings is 1. The van der Waals surface area contributed by atoms with Crippen molar-refractivity contribution in [3.05, 3.63) is 35.4 Å². The zero-order chi connectivity index (χ0) is 17.3. The monoisotopic (exact) mass is 329 g/mol. The summed E-state index contributed by atoms with van der Waals surface area (Å²) in [5.74, 6) is 1.58. The Bertz CT molecular complexity index is 577. The van der Waals surface area contributed by atoms with Crippen LogP contribution in [0.25, 0.3) is 0 Å². The van der Waals surface area contributed by atoms with Gasteiger partial charge in [0.2, 0.25) is 5.91 Å². The zero-order valence-electron chi connectivity index (χ0n) is 15.3. The molecular weight excluding hydrogens is 298 g/mol. The molecule has 1 saturated heterocycles. The number of hydrogen-bond acceptors (Lipinski definition) is 2. The van der Waals surface area contributed by atoms with E-state index in [0.29, 0.717) is 24.7 Å². The summed E-state index contributed by atoms with van der Waals surface area (Å²) >= 11 is 0. The van der Waals surface area contributed by atoms with Crippen molar-refractivity contribution in [3.63, 3.8) is 0 Å². The van der Waals surface area contributed by atoms with Gasteiger partial charge in [0.1, 0.15) is 0 Å². The molecule has 1 aliphatic heterocycles. The zero-order valence-corrected chi connectivity index (χ0v) is 15.3. The minimum atomic E-state index is -0.611. The lowest BCUT2D eigenvalue weighted by atomic mass is 9.71. The molecule has 2 aliphatic rings. The Morgan fingerprint density at radius 3 is 2.54 bits per heavy atom. The topological polar surface area (TPSA) is 40.5 Å². The van der Waals surface area contributed by atoms with E-state index in [9.17, 15) is 9.90 Å². The second-order valence-corrected chi connectivity index (χ2v) is 8.47. The summed E-state index contributed by atoms with van der Waals surface area (Å²) in [7, 11) is 0. The highest BCUT2D eigenvalue weighted by molar-refractivity contribution is 5.80. The minimum absolute atomic E-state index is 0.0549. The number of carbonyl (C=O) groups is 1. The molecule has 1 heterocycles. The Balaban J connectivity index is 1.49. The van der Waals surface area contributed by atoms with Crippen LogP contribution in [0.2, 0.25) is 0 Å². The fraction of sp³-hybridized carbons (Fsp3) is 0.667. The molecule has 1 saturated carbocycles. The maximum absolute atomic E-state index is 12.5. The van der Waals surface area contributed by atoms with Gasteiger partial charge in [-0.05, 0) is 62.0 Å². The largest absolute Gasteiger partial charge is 0.390 e. The van der Waals surface area contributed by atoms with E-state index in [-0.39, 0.29) is 11.8 Å². The number of piperidine rings is 1. The maximum Gasteiger partial charge on any atom is 0.225 e. The van der Waals surface area contributed by atoms with E-state index in [1.807, 2.05) is 11.8 Å². The van der Waals surface area contributed by atoms with Gasteiger partial charge in [-0.1, -0.05) is 38.1 Å². The Hall–Kier alpha value is -1.35. The number of nitrogens with zero attached hydrogens (tertiary/aromatic N) is 1. The number of amides is 1. The van der Waals surface area contributed by atoms with Crippen LogP contribution in [0, 0.1) is 11.8 Å². The quantitative estimate of drug-likeness (QED) is 0.914. The van der Waals surface area contributed by atoms with Crippen LogP contribution in [0.15, 0.2) is 24.3 Å². The van der Waals surface area contributed by atoms with E-state index in [4.69, 9.17) is 0 Å². The van der Waals surface area contributed by atoms with Crippen LogP contribution < -0.4 is 0 Å². The lowest BCUT2D eigenvalue weighted by Gasteiger charge is -2.43. The van der Waals surface area contributed by atoms with Crippen LogP contribution in [0.1, 0.15) is 63.5 Å². The lowest BCUT2D eigenvalue weighted by Crippen LogP contribution is -2.51. The summed E-state index contributed by atoms with van der Waals surface area (Å²) in [4.78, 5) is 14.5. The lowest BCUT2D eigenvalue weighted by molar-refractivity contribution is -0.151. The van der Waals surface area contributed by atoms with Crippen molar-refractivity contribution in [1.82, 2.24) is 4.90 Å². The average Bonchev–Trinajstić information content (AvgIpc) is 2.53. The minimum Gasteiger partial charge on any atom is -0.390 e. The van der Waals surface area contributed by atoms with E-state index in [1.54, 1.807) is 0 Å². The van der Waals surface area contributed by atoms with Crippen molar-refractivity contribution in [2.75, 3.05) is 13.1 Å². The molecule has 0 bridgehead atoms. The van der Waals surface area contributed by atoms with Gasteiger partial charge in [-0.15, -0.1) is 0 Å². The van der Waals surface area contributed by atoms with Gasteiger partial charge in [0, 0.05) is 19.0 Å². The molecule has 132 valence electrons. The van der Waals surface area contributed by atoms with Crippen molar-refractivity contribution >= 4 is 5.91 Å². The highest BCUT2D eigenvalue weighted by Gasteiger charge is 2.44. The number of likely N-dealkylation sites (tertiary alicyclic amines) is 1. The highest BCUT2D eigenvalue weighted by atomic mass is 16.3. The van der Waals surface area contributed by atoms with Crippen molar-refractivity contribution in [2.45, 2.75) is 64.4 Å². The molecule has 1 aromatic carbocycles. The maximum atomic E-state index is 12.5. The van der Waals surface area contributed by atoms with Gasteiger partial charge in [-0.25, -0.2) is 0 Å². The Morgan fingerprint density at radius 2 is 1.96 bits per heavy atom. The molecule has 2 fully saturated rings. The number of hydrogen-bond donors (Lipinski definition) is 1. The Kier molecular flexibility index (Phi) is 5.00. The van der Waals surface area contributed by atoms with Crippen LogP contribution in [0.4, 0.5) is 0 Å². The van der Waals surface area contributed by atoms with Crippen LogP contribution >= 0.6 is 0 Å². The molecule has 1 N–H and O–H groups in total. The van der Waals surface area contributed by atoms with E-state index in [2.05, 4.69) is 38.1 Å². The fourth-order valence-corrected chi connectivity index (χ4v) is 4.20. The van der Waals surface area contributed by atoms with Gasteiger partial charge in [0.15, 0.2) is 0 Å². The molecule has 0 unspecified atom stereocenters. The van der Waals surface area contributed by atoms with Crippen LogP contribution in [0.3, 0.4) is 0 Å². The number of rotatable bonds is 4. The second-order valence-electron chi connectivity index (χ2n) is 8.47. The van der Waals surface area contributed by atoms with Gasteiger partial charge in [0.25, 0.3) is 0 Å². The van der Waals surface area contributed by atoms with Crippen molar-refractivity contribution < 1.29 is 9.90 Å². The van der Waals surface area contributed by atoms with Gasteiger partial charge in [-0.3, -0.25) is 4.79 Å². The predicted octanol–water partition coefficient (Wildman–Crippen LogP) is 3.75. The normalized spacial score (nSPS) is 28.0. The smallest absolute Gasteiger partial charge is 0.225 e. The van der Waals surface area contributed by atoms with Gasteiger partial charge < -0.3 is 10.0 Å². The van der Waals surface area contributed by atoms with Gasteiger partial charge in [0.05, 0.1) is 5.60 Å². The first kappa shape index (κ1) is 17.5. The molecule has 1 aliphatic carbocycles. The molecular formula is C21H31NO2. The van der Waals surface area contributed by atoms with Crippen LogP contribution in [-0.2, 0) is 11.2 Å². The molecule has 0 spiro atoms. The summed E-state index contributed by atoms with van der Waals surface area (Å²) in [5.41, 5.74) is 2.23. The molecule has 3 nitrogen and oxygen atoms in total. The van der Waals surface area contributed by atoms with Gasteiger partial charge in [-0.2, -0.15) is 0 Å².